The zero-order valence-corrected chi connectivity index (χ0v) is 16.5. The van der Waals surface area contributed by atoms with Gasteiger partial charge in [-0.1, -0.05) is 0 Å². The molecule has 12 heteroatoms. The maximum atomic E-state index is 12.0. The van der Waals surface area contributed by atoms with Gasteiger partial charge < -0.3 is 9.47 Å². The Morgan fingerprint density at radius 2 is 1.84 bits per heavy atom. The van der Waals surface area contributed by atoms with Gasteiger partial charge in [0, 0.05) is 18.5 Å². The van der Waals surface area contributed by atoms with Crippen molar-refractivity contribution in [3.8, 4) is 17.2 Å². The number of methoxy groups -OCH3 is 1. The molecule has 0 spiro atoms. The summed E-state index contributed by atoms with van der Waals surface area (Å²) in [7, 11) is 1.37. The van der Waals surface area contributed by atoms with Crippen molar-refractivity contribution in [1.29, 1.82) is 0 Å². The molecule has 2 aromatic carbocycles. The highest BCUT2D eigenvalue weighted by molar-refractivity contribution is 5.94. The summed E-state index contributed by atoms with van der Waals surface area (Å²) in [5.41, 5.74) is 2.25. The van der Waals surface area contributed by atoms with Crippen molar-refractivity contribution in [3.63, 3.8) is 0 Å². The number of aromatic nitrogens is 1. The Bertz CT molecular complexity index is 1200. The standard InChI is InChI=1S/C20H15N5O7/c1-31-19-9-13(11-22-23-20(26)14-3-2-8-21-12-14)4-6-18(19)32-17-7-5-15(24(27)28)10-16(17)25(29)30/h2-12H,1H3,(H,23,26). The number of hydrogen-bond acceptors (Lipinski definition) is 9. The number of nitrogens with one attached hydrogen (secondary N) is 1. The first-order chi connectivity index (χ1) is 15.4. The lowest BCUT2D eigenvalue weighted by Crippen LogP contribution is -2.17. The third-order valence-electron chi connectivity index (χ3n) is 4.06. The van der Waals surface area contributed by atoms with Crippen LogP contribution in [0.25, 0.3) is 0 Å². The van der Waals surface area contributed by atoms with E-state index < -0.39 is 27.1 Å². The average molecular weight is 437 g/mol. The number of rotatable bonds is 8. The van der Waals surface area contributed by atoms with E-state index in [2.05, 4.69) is 15.5 Å². The monoisotopic (exact) mass is 437 g/mol. The number of ether oxygens (including phenoxy) is 2. The molecule has 1 amide bonds. The number of nitro groups is 2. The maximum Gasteiger partial charge on any atom is 0.318 e. The first-order valence-electron chi connectivity index (χ1n) is 8.91. The summed E-state index contributed by atoms with van der Waals surface area (Å²) in [5, 5.41) is 26.0. The second kappa shape index (κ2) is 9.75. The van der Waals surface area contributed by atoms with Crippen molar-refractivity contribution in [2.45, 2.75) is 0 Å². The molecule has 162 valence electrons. The van der Waals surface area contributed by atoms with Crippen LogP contribution in [0.1, 0.15) is 15.9 Å². The molecule has 0 aliphatic carbocycles. The van der Waals surface area contributed by atoms with Gasteiger partial charge in [-0.15, -0.1) is 0 Å². The van der Waals surface area contributed by atoms with Gasteiger partial charge in [0.2, 0.25) is 5.75 Å². The summed E-state index contributed by atoms with van der Waals surface area (Å²) >= 11 is 0. The summed E-state index contributed by atoms with van der Waals surface area (Å²) in [6, 6.07) is 10.9. The van der Waals surface area contributed by atoms with Gasteiger partial charge in [0.25, 0.3) is 11.6 Å². The van der Waals surface area contributed by atoms with E-state index >= 15 is 0 Å². The average Bonchev–Trinajstić information content (AvgIpc) is 2.80. The molecule has 1 heterocycles. The number of hydrazone groups is 1. The molecule has 0 fully saturated rings. The Morgan fingerprint density at radius 3 is 2.50 bits per heavy atom. The van der Waals surface area contributed by atoms with Crippen LogP contribution in [0.4, 0.5) is 11.4 Å². The highest BCUT2D eigenvalue weighted by Gasteiger charge is 2.22. The Hall–Kier alpha value is -4.87. The Morgan fingerprint density at radius 1 is 1.06 bits per heavy atom. The number of non-ortho nitro benzene ring substituents is 1. The molecule has 0 saturated heterocycles. The molecular formula is C20H15N5O7. The van der Waals surface area contributed by atoms with Crippen LogP contribution >= 0.6 is 0 Å². The quantitative estimate of drug-likeness (QED) is 0.318. The Labute approximate surface area is 180 Å². The van der Waals surface area contributed by atoms with E-state index in [1.54, 1.807) is 24.4 Å². The number of amides is 1. The molecule has 3 rings (SSSR count). The van der Waals surface area contributed by atoms with E-state index in [1.165, 1.54) is 31.7 Å². The maximum absolute atomic E-state index is 12.0. The molecule has 3 aromatic rings. The van der Waals surface area contributed by atoms with Crippen molar-refractivity contribution in [2.75, 3.05) is 7.11 Å². The van der Waals surface area contributed by atoms with Crippen LogP contribution < -0.4 is 14.9 Å². The molecule has 0 bridgehead atoms. The van der Waals surface area contributed by atoms with E-state index in [4.69, 9.17) is 9.47 Å². The molecular weight excluding hydrogens is 422 g/mol. The Kier molecular flexibility index (Phi) is 6.65. The van der Waals surface area contributed by atoms with Crippen LogP contribution in [-0.2, 0) is 0 Å². The van der Waals surface area contributed by atoms with Crippen LogP contribution in [0.15, 0.2) is 66.0 Å². The van der Waals surface area contributed by atoms with E-state index in [-0.39, 0.29) is 17.2 Å². The molecule has 0 saturated carbocycles. The van der Waals surface area contributed by atoms with Gasteiger partial charge >= 0.3 is 5.69 Å². The summed E-state index contributed by atoms with van der Waals surface area (Å²) in [6.07, 6.45) is 4.31. The number of hydrogen-bond donors (Lipinski definition) is 1. The molecule has 32 heavy (non-hydrogen) atoms. The van der Waals surface area contributed by atoms with Crippen molar-refractivity contribution in [2.24, 2.45) is 5.10 Å². The minimum atomic E-state index is -0.777. The van der Waals surface area contributed by atoms with Gasteiger partial charge in [0.05, 0.1) is 34.8 Å². The molecule has 0 radical (unpaired) electrons. The number of nitrogens with zero attached hydrogens (tertiary/aromatic N) is 4. The van der Waals surface area contributed by atoms with Gasteiger partial charge in [-0.25, -0.2) is 5.43 Å². The van der Waals surface area contributed by atoms with Crippen LogP contribution in [0.5, 0.6) is 17.2 Å². The van der Waals surface area contributed by atoms with E-state index in [0.29, 0.717) is 11.1 Å². The highest BCUT2D eigenvalue weighted by atomic mass is 16.6. The summed E-state index contributed by atoms with van der Waals surface area (Å²) in [4.78, 5) is 36.5. The minimum Gasteiger partial charge on any atom is -0.493 e. The van der Waals surface area contributed by atoms with Gasteiger partial charge in [0.15, 0.2) is 11.5 Å². The second-order valence-electron chi connectivity index (χ2n) is 6.12. The smallest absolute Gasteiger partial charge is 0.318 e. The molecule has 0 aliphatic rings. The summed E-state index contributed by atoms with van der Waals surface area (Å²) < 4.78 is 10.8. The van der Waals surface area contributed by atoms with E-state index in [9.17, 15) is 25.0 Å². The predicted octanol–water partition coefficient (Wildman–Crippen LogP) is 3.46. The second-order valence-corrected chi connectivity index (χ2v) is 6.12. The lowest BCUT2D eigenvalue weighted by Gasteiger charge is -2.11. The molecule has 0 aliphatic heterocycles. The first kappa shape index (κ1) is 21.8. The van der Waals surface area contributed by atoms with Crippen molar-refractivity contribution < 1.29 is 24.1 Å². The van der Waals surface area contributed by atoms with E-state index in [1.807, 2.05) is 0 Å². The number of carbonyl (C=O) groups excluding carboxylic acids is 1. The highest BCUT2D eigenvalue weighted by Crippen LogP contribution is 2.38. The van der Waals surface area contributed by atoms with Gasteiger partial charge in [-0.3, -0.25) is 30.0 Å². The predicted molar refractivity (Wildman–Crippen MR) is 112 cm³/mol. The van der Waals surface area contributed by atoms with Crippen molar-refractivity contribution >= 4 is 23.5 Å². The third-order valence-corrected chi connectivity index (χ3v) is 4.06. The van der Waals surface area contributed by atoms with E-state index in [0.717, 1.165) is 18.2 Å². The van der Waals surface area contributed by atoms with Crippen LogP contribution in [0, 0.1) is 20.2 Å². The van der Waals surface area contributed by atoms with Gasteiger partial charge in [-0.2, -0.15) is 5.10 Å². The van der Waals surface area contributed by atoms with Gasteiger partial charge in [-0.05, 0) is 42.0 Å². The van der Waals surface area contributed by atoms with Crippen LogP contribution in [0.2, 0.25) is 0 Å². The van der Waals surface area contributed by atoms with Crippen LogP contribution in [-0.4, -0.2) is 34.1 Å². The fourth-order valence-corrected chi connectivity index (χ4v) is 2.54. The normalized spacial score (nSPS) is 10.5. The Balaban J connectivity index is 1.78. The number of benzene rings is 2. The zero-order chi connectivity index (χ0) is 23.1. The minimum absolute atomic E-state index is 0.140. The SMILES string of the molecule is COc1cc(C=NNC(=O)c2cccnc2)ccc1Oc1ccc([N+](=O)[O-])cc1[N+](=O)[O-]. The zero-order valence-electron chi connectivity index (χ0n) is 16.5. The van der Waals surface area contributed by atoms with Crippen molar-refractivity contribution in [3.05, 3.63) is 92.3 Å². The number of pyridine rings is 1. The lowest BCUT2D eigenvalue weighted by molar-refractivity contribution is -0.394. The molecule has 1 aromatic heterocycles. The fraction of sp³-hybridized carbons (Fsp3) is 0.0500. The van der Waals surface area contributed by atoms with Crippen molar-refractivity contribution in [1.82, 2.24) is 10.4 Å². The first-order valence-corrected chi connectivity index (χ1v) is 8.91. The topological polar surface area (TPSA) is 159 Å². The van der Waals surface area contributed by atoms with Gasteiger partial charge in [0.1, 0.15) is 0 Å². The van der Waals surface area contributed by atoms with Crippen LogP contribution in [0.3, 0.4) is 0 Å². The largest absolute Gasteiger partial charge is 0.493 e. The third kappa shape index (κ3) is 5.18. The lowest BCUT2D eigenvalue weighted by atomic mass is 10.2. The number of nitro benzene ring substituents is 2. The summed E-state index contributed by atoms with van der Waals surface area (Å²) in [6.45, 7) is 0. The molecule has 0 unspecified atom stereocenters. The molecule has 12 nitrogen and oxygen atoms in total. The molecule has 1 N–H and O–H groups in total. The summed E-state index contributed by atoms with van der Waals surface area (Å²) in [5.74, 6) is -0.267. The number of carbonyl (C=O) groups is 1. The fourth-order valence-electron chi connectivity index (χ4n) is 2.54. The molecule has 0 atom stereocenters.